The van der Waals surface area contributed by atoms with Crippen LogP contribution in [-0.4, -0.2) is 27.7 Å². The van der Waals surface area contributed by atoms with E-state index in [1.807, 2.05) is 5.43 Å². The maximum absolute atomic E-state index is 11.4. The van der Waals surface area contributed by atoms with Crippen LogP contribution in [0.25, 0.3) is 0 Å². The van der Waals surface area contributed by atoms with Gasteiger partial charge in [-0.3, -0.25) is 24.7 Å². The molecule has 1 saturated heterocycles. The van der Waals surface area contributed by atoms with Crippen LogP contribution in [0.3, 0.4) is 0 Å². The zero-order valence-electron chi connectivity index (χ0n) is 9.56. The summed E-state index contributed by atoms with van der Waals surface area (Å²) in [5, 5.41) is -0.307. The number of furan rings is 1. The third kappa shape index (κ3) is 2.24. The predicted octanol–water partition coefficient (Wildman–Crippen LogP) is 0.387. The van der Waals surface area contributed by atoms with E-state index < -0.39 is 5.91 Å². The standard InChI is InChI=1S/C10H11N3O4S/c1-5-2-6(17-8(5)9(15)12-11)3-13-7(14)4-18-10(13)16/h2H,3-4,11H2,1H3,(H,12,15). The molecular weight excluding hydrogens is 258 g/mol. The number of nitrogen functional groups attached to an aromatic ring is 1. The number of amides is 3. The molecule has 7 nitrogen and oxygen atoms in total. The number of carbonyl (C=O) groups excluding carboxylic acids is 3. The highest BCUT2D eigenvalue weighted by atomic mass is 32.2. The highest BCUT2D eigenvalue weighted by Crippen LogP contribution is 2.23. The van der Waals surface area contributed by atoms with Gasteiger partial charge in [0.15, 0.2) is 5.76 Å². The molecule has 3 N–H and O–H groups in total. The maximum Gasteiger partial charge on any atom is 0.301 e. The summed E-state index contributed by atoms with van der Waals surface area (Å²) < 4.78 is 5.28. The van der Waals surface area contributed by atoms with Gasteiger partial charge in [-0.1, -0.05) is 11.8 Å². The van der Waals surface area contributed by atoms with E-state index in [0.717, 1.165) is 16.7 Å². The van der Waals surface area contributed by atoms with Gasteiger partial charge in [-0.2, -0.15) is 0 Å². The van der Waals surface area contributed by atoms with Crippen molar-refractivity contribution in [3.63, 3.8) is 0 Å². The number of hydrazine groups is 1. The molecule has 3 amide bonds. The van der Waals surface area contributed by atoms with Crippen LogP contribution in [0.2, 0.25) is 0 Å². The molecule has 0 atom stereocenters. The highest BCUT2D eigenvalue weighted by Gasteiger charge is 2.31. The van der Waals surface area contributed by atoms with E-state index in [2.05, 4.69) is 0 Å². The number of carbonyl (C=O) groups is 3. The van der Waals surface area contributed by atoms with Crippen molar-refractivity contribution >= 4 is 28.8 Å². The number of hydrogen-bond donors (Lipinski definition) is 2. The second-order valence-corrected chi connectivity index (χ2v) is 4.66. The quantitative estimate of drug-likeness (QED) is 0.467. The Kier molecular flexibility index (Phi) is 3.39. The molecule has 8 heteroatoms. The lowest BCUT2D eigenvalue weighted by molar-refractivity contribution is -0.125. The number of nitrogens with two attached hydrogens (primary N) is 1. The highest BCUT2D eigenvalue weighted by molar-refractivity contribution is 8.14. The summed E-state index contributed by atoms with van der Waals surface area (Å²) in [6.45, 7) is 1.71. The first-order valence-corrected chi connectivity index (χ1v) is 6.09. The molecule has 0 aliphatic carbocycles. The summed E-state index contributed by atoms with van der Waals surface area (Å²) in [6, 6.07) is 1.61. The molecule has 1 aromatic heterocycles. The van der Waals surface area contributed by atoms with Gasteiger partial charge >= 0.3 is 5.91 Å². The summed E-state index contributed by atoms with van der Waals surface area (Å²) in [5.74, 6) is 4.80. The van der Waals surface area contributed by atoms with Crippen molar-refractivity contribution in [1.29, 1.82) is 0 Å². The smallest absolute Gasteiger partial charge is 0.301 e. The molecule has 0 spiro atoms. The van der Waals surface area contributed by atoms with Gasteiger partial charge in [-0.05, 0) is 13.0 Å². The molecule has 2 rings (SSSR count). The van der Waals surface area contributed by atoms with Crippen molar-refractivity contribution in [3.05, 3.63) is 23.2 Å². The normalized spacial score (nSPS) is 15.3. The number of imide groups is 1. The Morgan fingerprint density at radius 2 is 2.33 bits per heavy atom. The monoisotopic (exact) mass is 269 g/mol. The zero-order valence-corrected chi connectivity index (χ0v) is 10.4. The number of thioether (sulfide) groups is 1. The molecule has 2 heterocycles. The minimum absolute atomic E-state index is 0.0311. The second-order valence-electron chi connectivity index (χ2n) is 3.73. The van der Waals surface area contributed by atoms with Crippen LogP contribution in [0.5, 0.6) is 0 Å². The minimum atomic E-state index is -0.549. The maximum atomic E-state index is 11.4. The first kappa shape index (κ1) is 12.7. The summed E-state index contributed by atoms with van der Waals surface area (Å²) in [6.07, 6.45) is 0. The topological polar surface area (TPSA) is 106 Å². The van der Waals surface area contributed by atoms with Gasteiger partial charge in [0.2, 0.25) is 5.91 Å². The summed E-state index contributed by atoms with van der Waals surface area (Å²) in [5.41, 5.74) is 2.56. The Balaban J connectivity index is 2.18. The van der Waals surface area contributed by atoms with Crippen LogP contribution in [-0.2, 0) is 11.3 Å². The average molecular weight is 269 g/mol. The van der Waals surface area contributed by atoms with Crippen LogP contribution >= 0.6 is 11.8 Å². The molecule has 1 aromatic rings. The fraction of sp³-hybridized carbons (Fsp3) is 0.300. The molecule has 0 saturated carbocycles. The van der Waals surface area contributed by atoms with Crippen LogP contribution < -0.4 is 11.3 Å². The third-order valence-electron chi connectivity index (χ3n) is 2.46. The van der Waals surface area contributed by atoms with Crippen molar-refractivity contribution in [2.24, 2.45) is 5.84 Å². The Bertz CT molecular complexity index is 509. The average Bonchev–Trinajstić information content (AvgIpc) is 2.86. The Labute approximate surface area is 107 Å². The molecule has 0 unspecified atom stereocenters. The number of hydrogen-bond acceptors (Lipinski definition) is 6. The third-order valence-corrected chi connectivity index (χ3v) is 3.32. The number of nitrogens with zero attached hydrogens (tertiary/aromatic N) is 1. The second kappa shape index (κ2) is 4.83. The first-order valence-electron chi connectivity index (χ1n) is 5.10. The zero-order chi connectivity index (χ0) is 13.3. The van der Waals surface area contributed by atoms with E-state index in [4.69, 9.17) is 10.3 Å². The van der Waals surface area contributed by atoms with Gasteiger partial charge in [0.05, 0.1) is 12.3 Å². The summed E-state index contributed by atoms with van der Waals surface area (Å²) >= 11 is 0.951. The molecule has 0 aromatic carbocycles. The molecule has 1 fully saturated rings. The van der Waals surface area contributed by atoms with E-state index in [-0.39, 0.29) is 29.2 Å². The fourth-order valence-corrected chi connectivity index (χ4v) is 2.33. The van der Waals surface area contributed by atoms with Gasteiger partial charge in [-0.25, -0.2) is 5.84 Å². The first-order chi connectivity index (χ1) is 8.52. The van der Waals surface area contributed by atoms with E-state index >= 15 is 0 Å². The van der Waals surface area contributed by atoms with Crippen LogP contribution in [0, 0.1) is 6.92 Å². The van der Waals surface area contributed by atoms with E-state index in [1.165, 1.54) is 0 Å². The molecule has 1 aliphatic heterocycles. The SMILES string of the molecule is Cc1cc(CN2C(=O)CSC2=O)oc1C(=O)NN. The lowest BCUT2D eigenvalue weighted by Crippen LogP contribution is -2.30. The minimum Gasteiger partial charge on any atom is -0.454 e. The van der Waals surface area contributed by atoms with Crippen molar-refractivity contribution < 1.29 is 18.8 Å². The van der Waals surface area contributed by atoms with Crippen molar-refractivity contribution in [2.75, 3.05) is 5.75 Å². The number of nitrogens with one attached hydrogen (secondary N) is 1. The van der Waals surface area contributed by atoms with Gasteiger partial charge in [-0.15, -0.1) is 0 Å². The molecule has 18 heavy (non-hydrogen) atoms. The van der Waals surface area contributed by atoms with Gasteiger partial charge in [0.25, 0.3) is 5.24 Å². The van der Waals surface area contributed by atoms with Crippen LogP contribution in [0.1, 0.15) is 21.9 Å². The van der Waals surface area contributed by atoms with Crippen LogP contribution in [0.15, 0.2) is 10.5 Å². The Hall–Kier alpha value is -1.80. The molecular formula is C10H11N3O4S. The molecule has 96 valence electrons. The van der Waals surface area contributed by atoms with Crippen LogP contribution in [0.4, 0.5) is 4.79 Å². The molecule has 1 aliphatic rings. The molecule has 0 radical (unpaired) electrons. The van der Waals surface area contributed by atoms with E-state index in [0.29, 0.717) is 11.3 Å². The van der Waals surface area contributed by atoms with Crippen molar-refractivity contribution in [3.8, 4) is 0 Å². The lowest BCUT2D eigenvalue weighted by atomic mass is 10.2. The summed E-state index contributed by atoms with van der Waals surface area (Å²) in [7, 11) is 0. The van der Waals surface area contributed by atoms with E-state index in [1.54, 1.807) is 13.0 Å². The largest absolute Gasteiger partial charge is 0.454 e. The van der Waals surface area contributed by atoms with Gasteiger partial charge in [0.1, 0.15) is 5.76 Å². The number of rotatable bonds is 3. The van der Waals surface area contributed by atoms with Gasteiger partial charge in [0, 0.05) is 5.56 Å². The van der Waals surface area contributed by atoms with E-state index in [9.17, 15) is 14.4 Å². The van der Waals surface area contributed by atoms with Gasteiger partial charge < -0.3 is 4.42 Å². The lowest BCUT2D eigenvalue weighted by Gasteiger charge is -2.09. The van der Waals surface area contributed by atoms with Crippen molar-refractivity contribution in [2.45, 2.75) is 13.5 Å². The Morgan fingerprint density at radius 3 is 2.89 bits per heavy atom. The number of aryl methyl sites for hydroxylation is 1. The predicted molar refractivity (Wildman–Crippen MR) is 63.5 cm³/mol. The molecule has 0 bridgehead atoms. The fourth-order valence-electron chi connectivity index (χ4n) is 1.61. The Morgan fingerprint density at radius 1 is 1.61 bits per heavy atom. The van der Waals surface area contributed by atoms with Crippen molar-refractivity contribution in [1.82, 2.24) is 10.3 Å². The summed E-state index contributed by atoms with van der Waals surface area (Å²) in [4.78, 5) is 35.2.